The molecule has 0 aromatic heterocycles. The molecule has 0 heterocycles. The molecule has 0 rings (SSSR count). The summed E-state index contributed by atoms with van der Waals surface area (Å²) in [6.07, 6.45) is 1.44. The molecule has 1 atom stereocenters. The van der Waals surface area contributed by atoms with E-state index in [0.29, 0.717) is 11.5 Å². The summed E-state index contributed by atoms with van der Waals surface area (Å²) in [5.74, 6) is 0. The molecule has 0 amide bonds. The third-order valence-corrected chi connectivity index (χ3v) is 3.14. The number of ether oxygens (including phenoxy) is 2. The van der Waals surface area contributed by atoms with Gasteiger partial charge in [0.2, 0.25) is 0 Å². The Hall–Kier alpha value is -0.0800. The zero-order valence-electron chi connectivity index (χ0n) is 17.8. The molecule has 0 spiro atoms. The van der Waals surface area contributed by atoms with Crippen LogP contribution in [0.15, 0.2) is 0 Å². The molecule has 136 valence electrons. The lowest BCUT2D eigenvalue weighted by Crippen LogP contribution is -2.34. The molecule has 2 heteroatoms. The van der Waals surface area contributed by atoms with Crippen molar-refractivity contribution < 1.29 is 9.47 Å². The van der Waals surface area contributed by atoms with Crippen molar-refractivity contribution in [1.82, 2.24) is 0 Å². The molecule has 0 aromatic carbocycles. The van der Waals surface area contributed by atoms with Crippen LogP contribution in [0.2, 0.25) is 0 Å². The second-order valence-electron chi connectivity index (χ2n) is 10.5. The lowest BCUT2D eigenvalue weighted by molar-refractivity contribution is -0.0948. The maximum absolute atomic E-state index is 5.80. The summed E-state index contributed by atoms with van der Waals surface area (Å²) in [7, 11) is 0. The summed E-state index contributed by atoms with van der Waals surface area (Å²) < 4.78 is 11.4. The molecule has 0 bridgehead atoms. The minimum Gasteiger partial charge on any atom is -0.376 e. The highest BCUT2D eigenvalue weighted by molar-refractivity contribution is 4.73. The molecular weight excluding hydrogens is 272 g/mol. The molecule has 0 radical (unpaired) electrons. The molecule has 0 fully saturated rings. The first kappa shape index (κ1) is 24.2. The topological polar surface area (TPSA) is 18.5 Å². The molecule has 0 aliphatic heterocycles. The van der Waals surface area contributed by atoms with Gasteiger partial charge in [-0.05, 0) is 65.7 Å². The molecule has 22 heavy (non-hydrogen) atoms. The monoisotopic (exact) mass is 316 g/mol. The number of rotatable bonds is 3. The minimum atomic E-state index is -0.0211. The van der Waals surface area contributed by atoms with Crippen molar-refractivity contribution in [1.29, 1.82) is 0 Å². The first-order valence-electron chi connectivity index (χ1n) is 8.65. The molecule has 0 N–H and O–H groups in total. The van der Waals surface area contributed by atoms with E-state index in [9.17, 15) is 0 Å². The van der Waals surface area contributed by atoms with Gasteiger partial charge < -0.3 is 9.47 Å². The molecule has 1 unspecified atom stereocenters. The van der Waals surface area contributed by atoms with Gasteiger partial charge in [0.15, 0.2) is 0 Å². The van der Waals surface area contributed by atoms with Crippen LogP contribution in [0.4, 0.5) is 0 Å². The molecular formula is C20H44O2. The van der Waals surface area contributed by atoms with Crippen molar-refractivity contribution in [2.45, 2.75) is 114 Å². The van der Waals surface area contributed by atoms with E-state index in [1.165, 1.54) is 0 Å². The lowest BCUT2D eigenvalue weighted by atomic mass is 9.90. The van der Waals surface area contributed by atoms with Gasteiger partial charge in [-0.15, -0.1) is 0 Å². The zero-order valence-corrected chi connectivity index (χ0v) is 17.8. The van der Waals surface area contributed by atoms with Crippen LogP contribution < -0.4 is 0 Å². The van der Waals surface area contributed by atoms with Gasteiger partial charge in [0, 0.05) is 6.61 Å². The Morgan fingerprint density at radius 2 is 1.09 bits per heavy atom. The molecule has 0 aliphatic carbocycles. The maximum atomic E-state index is 5.80. The molecule has 0 saturated carbocycles. The largest absolute Gasteiger partial charge is 0.376 e. The summed E-state index contributed by atoms with van der Waals surface area (Å²) in [6.45, 7) is 28.9. The van der Waals surface area contributed by atoms with Gasteiger partial charge in [-0.2, -0.15) is 0 Å². The first-order chi connectivity index (χ1) is 9.33. The zero-order chi connectivity index (χ0) is 18.4. The van der Waals surface area contributed by atoms with E-state index in [4.69, 9.17) is 9.47 Å². The van der Waals surface area contributed by atoms with Gasteiger partial charge in [-0.25, -0.2) is 0 Å². The van der Waals surface area contributed by atoms with Crippen molar-refractivity contribution in [2.75, 3.05) is 6.61 Å². The van der Waals surface area contributed by atoms with Gasteiger partial charge in [0.05, 0.1) is 17.3 Å². The Balaban J connectivity index is 0. The fraction of sp³-hybridized carbons (Fsp3) is 1.00. The van der Waals surface area contributed by atoms with Gasteiger partial charge in [0.25, 0.3) is 0 Å². The summed E-state index contributed by atoms with van der Waals surface area (Å²) >= 11 is 0. The number of hydrogen-bond acceptors (Lipinski definition) is 2. The Morgan fingerprint density at radius 1 is 0.682 bits per heavy atom. The highest BCUT2D eigenvalue weighted by atomic mass is 16.5. The molecule has 0 aliphatic rings. The number of hydrogen-bond donors (Lipinski definition) is 0. The fourth-order valence-corrected chi connectivity index (χ4v) is 1.37. The van der Waals surface area contributed by atoms with E-state index in [1.807, 2.05) is 0 Å². The lowest BCUT2D eigenvalue weighted by Gasteiger charge is -2.33. The van der Waals surface area contributed by atoms with Crippen LogP contribution >= 0.6 is 0 Å². The van der Waals surface area contributed by atoms with Crippen LogP contribution in [0.25, 0.3) is 0 Å². The fourth-order valence-electron chi connectivity index (χ4n) is 1.37. The third kappa shape index (κ3) is 19.9. The predicted molar refractivity (Wildman–Crippen MR) is 99.5 cm³/mol. The van der Waals surface area contributed by atoms with E-state index in [2.05, 4.69) is 90.0 Å². The highest BCUT2D eigenvalue weighted by Crippen LogP contribution is 2.25. The van der Waals surface area contributed by atoms with Crippen molar-refractivity contribution in [2.24, 2.45) is 10.8 Å². The Labute approximate surface area is 141 Å². The smallest absolute Gasteiger partial charge is 0.0602 e. The van der Waals surface area contributed by atoms with E-state index in [1.54, 1.807) is 0 Å². The van der Waals surface area contributed by atoms with E-state index in [-0.39, 0.29) is 16.6 Å². The second-order valence-corrected chi connectivity index (χ2v) is 10.5. The van der Waals surface area contributed by atoms with Gasteiger partial charge >= 0.3 is 0 Å². The van der Waals surface area contributed by atoms with Crippen LogP contribution in [0.1, 0.15) is 96.4 Å². The average molecular weight is 317 g/mol. The average Bonchev–Trinajstić information content (AvgIpc) is 2.09. The SMILES string of the molecule is CC(C)(C)CCOC(C)(C)C.CC(OC(C)(C)C)C(C)(C)C. The summed E-state index contributed by atoms with van der Waals surface area (Å²) in [5, 5.41) is 0. The van der Waals surface area contributed by atoms with Crippen molar-refractivity contribution in [3.63, 3.8) is 0 Å². The van der Waals surface area contributed by atoms with Crippen LogP contribution in [-0.2, 0) is 9.47 Å². The maximum Gasteiger partial charge on any atom is 0.0602 e. The van der Waals surface area contributed by atoms with E-state index in [0.717, 1.165) is 13.0 Å². The minimum absolute atomic E-state index is 0.0191. The quantitative estimate of drug-likeness (QED) is 0.593. The summed E-state index contributed by atoms with van der Waals surface area (Å²) in [4.78, 5) is 0. The van der Waals surface area contributed by atoms with E-state index < -0.39 is 0 Å². The van der Waals surface area contributed by atoms with Gasteiger partial charge in [-0.3, -0.25) is 0 Å². The van der Waals surface area contributed by atoms with Gasteiger partial charge in [0.1, 0.15) is 0 Å². The van der Waals surface area contributed by atoms with Crippen LogP contribution in [-0.4, -0.2) is 23.9 Å². The van der Waals surface area contributed by atoms with Crippen LogP contribution in [0.3, 0.4) is 0 Å². The standard InChI is InChI=1S/2C10H22O/c1-9(2,3)7-8-11-10(4,5)6;1-8(9(2,3)4)11-10(5,6)7/h7-8H2,1-6H3;8H,1-7H3. The molecule has 0 aromatic rings. The normalized spacial score (nSPS) is 15.1. The molecule has 0 saturated heterocycles. The van der Waals surface area contributed by atoms with Crippen LogP contribution in [0, 0.1) is 10.8 Å². The molecule has 2 nitrogen and oxygen atoms in total. The summed E-state index contributed by atoms with van der Waals surface area (Å²) in [6, 6.07) is 0. The van der Waals surface area contributed by atoms with Crippen molar-refractivity contribution >= 4 is 0 Å². The third-order valence-electron chi connectivity index (χ3n) is 3.14. The Kier molecular flexibility index (Phi) is 9.54. The Morgan fingerprint density at radius 3 is 1.27 bits per heavy atom. The first-order valence-corrected chi connectivity index (χ1v) is 8.65. The highest BCUT2D eigenvalue weighted by Gasteiger charge is 2.25. The van der Waals surface area contributed by atoms with Crippen LogP contribution in [0.5, 0.6) is 0 Å². The van der Waals surface area contributed by atoms with Gasteiger partial charge in [-0.1, -0.05) is 41.5 Å². The van der Waals surface area contributed by atoms with E-state index >= 15 is 0 Å². The summed E-state index contributed by atoms with van der Waals surface area (Å²) in [5.41, 5.74) is 0.635. The van der Waals surface area contributed by atoms with Crippen molar-refractivity contribution in [3.05, 3.63) is 0 Å². The van der Waals surface area contributed by atoms with Crippen molar-refractivity contribution in [3.8, 4) is 0 Å². The predicted octanol–water partition coefficient (Wildman–Crippen LogP) is 6.47. The Bertz CT molecular complexity index is 265. The second kappa shape index (κ2) is 8.68.